The van der Waals surface area contributed by atoms with Gasteiger partial charge in [0.1, 0.15) is 11.4 Å². The van der Waals surface area contributed by atoms with Gasteiger partial charge in [-0.3, -0.25) is 0 Å². The second-order valence-corrected chi connectivity index (χ2v) is 8.36. The van der Waals surface area contributed by atoms with E-state index in [4.69, 9.17) is 22.7 Å². The number of nitrogens with two attached hydrogens (primary N) is 1. The fraction of sp³-hybridized carbons (Fsp3) is 0.278. The minimum atomic E-state index is -3.76. The molecule has 0 radical (unpaired) electrons. The molecular weight excluding hydrogens is 389 g/mol. The minimum Gasteiger partial charge on any atom is -0.376 e. The van der Waals surface area contributed by atoms with Gasteiger partial charge in [0.25, 0.3) is 0 Å². The summed E-state index contributed by atoms with van der Waals surface area (Å²) in [5.41, 5.74) is 5.14. The number of sulfonamides is 1. The standard InChI is InChI=1S/C18H22FN3O3S2/c1-21-27(23,24)13-18(22-17(20)26,15-9-5-6-10-16(15)19)12-25-11-14-7-3-2-4-8-14/h2-10,21H,11-13H2,1H3,(H3,20,22,26). The van der Waals surface area contributed by atoms with E-state index in [1.54, 1.807) is 6.07 Å². The molecular formula is C18H22FN3O3S2. The van der Waals surface area contributed by atoms with Crippen molar-refractivity contribution in [3.63, 3.8) is 0 Å². The number of rotatable bonds is 9. The normalized spacial score (nSPS) is 13.7. The molecule has 9 heteroatoms. The molecule has 4 N–H and O–H groups in total. The Morgan fingerprint density at radius 1 is 1.19 bits per heavy atom. The van der Waals surface area contributed by atoms with Gasteiger partial charge in [-0.15, -0.1) is 0 Å². The Kier molecular flexibility index (Phi) is 7.25. The van der Waals surface area contributed by atoms with E-state index in [1.165, 1.54) is 25.2 Å². The van der Waals surface area contributed by atoms with Gasteiger partial charge in [-0.25, -0.2) is 17.5 Å². The molecule has 0 aliphatic heterocycles. The highest BCUT2D eigenvalue weighted by atomic mass is 32.2. The number of nitrogens with one attached hydrogen (secondary N) is 2. The van der Waals surface area contributed by atoms with Crippen LogP contribution in [0.15, 0.2) is 54.6 Å². The number of benzene rings is 2. The van der Waals surface area contributed by atoms with Crippen molar-refractivity contribution >= 4 is 27.4 Å². The Morgan fingerprint density at radius 2 is 1.81 bits per heavy atom. The first-order chi connectivity index (χ1) is 12.8. The van der Waals surface area contributed by atoms with Crippen LogP contribution in [0.1, 0.15) is 11.1 Å². The van der Waals surface area contributed by atoms with Crippen LogP contribution in [0.5, 0.6) is 0 Å². The van der Waals surface area contributed by atoms with E-state index in [1.807, 2.05) is 30.3 Å². The number of thiocarbonyl (C=S) groups is 1. The van der Waals surface area contributed by atoms with E-state index in [2.05, 4.69) is 10.0 Å². The molecule has 0 saturated heterocycles. The van der Waals surface area contributed by atoms with Crippen LogP contribution in [-0.4, -0.2) is 32.9 Å². The van der Waals surface area contributed by atoms with Crippen LogP contribution in [0.2, 0.25) is 0 Å². The highest BCUT2D eigenvalue weighted by Gasteiger charge is 2.40. The summed E-state index contributed by atoms with van der Waals surface area (Å²) in [5.74, 6) is -1.10. The van der Waals surface area contributed by atoms with Gasteiger partial charge < -0.3 is 15.8 Å². The lowest BCUT2D eigenvalue weighted by Crippen LogP contribution is -2.56. The SMILES string of the molecule is CNS(=O)(=O)CC(COCc1ccccc1)(NC(N)=S)c1ccccc1F. The van der Waals surface area contributed by atoms with Crippen LogP contribution in [-0.2, 0) is 26.9 Å². The zero-order valence-electron chi connectivity index (χ0n) is 14.8. The monoisotopic (exact) mass is 411 g/mol. The molecule has 0 aromatic heterocycles. The lowest BCUT2D eigenvalue weighted by molar-refractivity contribution is 0.0706. The summed E-state index contributed by atoms with van der Waals surface area (Å²) in [5, 5.41) is 2.59. The molecule has 0 amide bonds. The first kappa shape index (κ1) is 21.2. The first-order valence-corrected chi connectivity index (χ1v) is 10.2. The molecule has 0 spiro atoms. The Balaban J connectivity index is 2.40. The summed E-state index contributed by atoms with van der Waals surface area (Å²) in [6, 6.07) is 15.2. The van der Waals surface area contributed by atoms with Gasteiger partial charge in [0.2, 0.25) is 10.0 Å². The molecule has 0 heterocycles. The maximum absolute atomic E-state index is 14.6. The number of halogens is 1. The maximum Gasteiger partial charge on any atom is 0.214 e. The van der Waals surface area contributed by atoms with E-state index in [9.17, 15) is 12.8 Å². The van der Waals surface area contributed by atoms with E-state index in [0.29, 0.717) is 0 Å². The van der Waals surface area contributed by atoms with Crippen molar-refractivity contribution in [1.82, 2.24) is 10.0 Å². The lowest BCUT2D eigenvalue weighted by atomic mass is 9.92. The van der Waals surface area contributed by atoms with Crippen LogP contribution < -0.4 is 15.8 Å². The highest BCUT2D eigenvalue weighted by Crippen LogP contribution is 2.27. The highest BCUT2D eigenvalue weighted by molar-refractivity contribution is 7.89. The van der Waals surface area contributed by atoms with Gasteiger partial charge in [0, 0.05) is 5.56 Å². The topological polar surface area (TPSA) is 93.5 Å². The van der Waals surface area contributed by atoms with E-state index in [0.717, 1.165) is 5.56 Å². The molecule has 0 bridgehead atoms. The average molecular weight is 412 g/mol. The van der Waals surface area contributed by atoms with Crippen molar-refractivity contribution in [1.29, 1.82) is 0 Å². The molecule has 1 unspecified atom stereocenters. The van der Waals surface area contributed by atoms with Gasteiger partial charge in [0.15, 0.2) is 5.11 Å². The Hall–Kier alpha value is -2.07. The molecule has 0 fully saturated rings. The zero-order chi connectivity index (χ0) is 19.9. The van der Waals surface area contributed by atoms with Crippen LogP contribution in [0.4, 0.5) is 4.39 Å². The molecule has 0 aliphatic carbocycles. The van der Waals surface area contributed by atoms with Gasteiger partial charge >= 0.3 is 0 Å². The third-order valence-electron chi connectivity index (χ3n) is 3.96. The van der Waals surface area contributed by atoms with Crippen LogP contribution in [0, 0.1) is 5.82 Å². The molecule has 1 atom stereocenters. The van der Waals surface area contributed by atoms with Gasteiger partial charge in [0.05, 0.1) is 19.0 Å². The Labute approximate surface area is 164 Å². The van der Waals surface area contributed by atoms with Gasteiger partial charge in [-0.2, -0.15) is 0 Å². The van der Waals surface area contributed by atoms with Crippen LogP contribution in [0.25, 0.3) is 0 Å². The lowest BCUT2D eigenvalue weighted by Gasteiger charge is -2.35. The van der Waals surface area contributed by atoms with Gasteiger partial charge in [-0.05, 0) is 30.9 Å². The van der Waals surface area contributed by atoms with E-state index in [-0.39, 0.29) is 23.9 Å². The molecule has 2 aromatic carbocycles. The second-order valence-electron chi connectivity index (χ2n) is 5.99. The molecule has 146 valence electrons. The molecule has 6 nitrogen and oxygen atoms in total. The summed E-state index contributed by atoms with van der Waals surface area (Å²) in [7, 11) is -2.47. The predicted octanol–water partition coefficient (Wildman–Crippen LogP) is 1.62. The molecule has 0 saturated carbocycles. The molecule has 27 heavy (non-hydrogen) atoms. The number of ether oxygens (including phenoxy) is 1. The van der Waals surface area contributed by atoms with Crippen LogP contribution >= 0.6 is 12.2 Å². The number of hydrogen-bond acceptors (Lipinski definition) is 4. The fourth-order valence-corrected chi connectivity index (χ4v) is 4.04. The first-order valence-electron chi connectivity index (χ1n) is 8.13. The summed E-state index contributed by atoms with van der Waals surface area (Å²) < 4.78 is 47.2. The Bertz CT molecular complexity index is 878. The van der Waals surface area contributed by atoms with Crippen molar-refractivity contribution in [2.75, 3.05) is 19.4 Å². The van der Waals surface area contributed by atoms with Crippen molar-refractivity contribution in [3.05, 3.63) is 71.5 Å². The van der Waals surface area contributed by atoms with Crippen molar-refractivity contribution < 1.29 is 17.5 Å². The smallest absolute Gasteiger partial charge is 0.214 e. The molecule has 2 rings (SSSR count). The third kappa shape index (κ3) is 5.96. The largest absolute Gasteiger partial charge is 0.376 e. The summed E-state index contributed by atoms with van der Waals surface area (Å²) in [6.07, 6.45) is 0. The average Bonchev–Trinajstić information content (AvgIpc) is 2.62. The minimum absolute atomic E-state index is 0.102. The third-order valence-corrected chi connectivity index (χ3v) is 5.56. The quantitative estimate of drug-likeness (QED) is 0.543. The Morgan fingerprint density at radius 3 is 2.41 bits per heavy atom. The number of hydrogen-bond donors (Lipinski definition) is 3. The zero-order valence-corrected chi connectivity index (χ0v) is 16.4. The van der Waals surface area contributed by atoms with Crippen molar-refractivity contribution in [2.24, 2.45) is 5.73 Å². The molecule has 2 aromatic rings. The van der Waals surface area contributed by atoms with Gasteiger partial charge in [-0.1, -0.05) is 48.5 Å². The second kappa shape index (κ2) is 9.23. The summed E-state index contributed by atoms with van der Waals surface area (Å²) >= 11 is 4.93. The van der Waals surface area contributed by atoms with Crippen molar-refractivity contribution in [2.45, 2.75) is 12.1 Å². The van der Waals surface area contributed by atoms with Crippen molar-refractivity contribution in [3.8, 4) is 0 Å². The summed E-state index contributed by atoms with van der Waals surface area (Å²) in [4.78, 5) is 0. The molecule has 0 aliphatic rings. The van der Waals surface area contributed by atoms with Crippen LogP contribution in [0.3, 0.4) is 0 Å². The van der Waals surface area contributed by atoms with E-state index < -0.39 is 27.1 Å². The summed E-state index contributed by atoms with van der Waals surface area (Å²) in [6.45, 7) is 0.0523. The predicted molar refractivity (Wildman–Crippen MR) is 107 cm³/mol. The maximum atomic E-state index is 14.6. The van der Waals surface area contributed by atoms with E-state index >= 15 is 0 Å². The fourth-order valence-electron chi connectivity index (χ4n) is 2.74.